The van der Waals surface area contributed by atoms with E-state index in [4.69, 9.17) is 4.52 Å². The molecule has 2 aromatic heterocycles. The van der Waals surface area contributed by atoms with Gasteiger partial charge in [-0.3, -0.25) is 4.79 Å². The number of aryl methyl sites for hydroxylation is 4. The third-order valence-electron chi connectivity index (χ3n) is 4.74. The second-order valence-electron chi connectivity index (χ2n) is 6.62. The van der Waals surface area contributed by atoms with E-state index in [1.54, 1.807) is 0 Å². The van der Waals surface area contributed by atoms with Gasteiger partial charge >= 0.3 is 0 Å². The lowest BCUT2D eigenvalue weighted by atomic mass is 9.96. The van der Waals surface area contributed by atoms with Crippen molar-refractivity contribution in [1.82, 2.24) is 15.0 Å². The van der Waals surface area contributed by atoms with E-state index in [-0.39, 0.29) is 5.91 Å². The van der Waals surface area contributed by atoms with Gasteiger partial charge in [0.25, 0.3) is 0 Å². The van der Waals surface area contributed by atoms with Gasteiger partial charge in [-0.15, -0.1) is 11.3 Å². The van der Waals surface area contributed by atoms with E-state index >= 15 is 0 Å². The number of carbonyl (C=O) groups is 1. The zero-order chi connectivity index (χ0) is 17.1. The van der Waals surface area contributed by atoms with Crippen molar-refractivity contribution in [3.63, 3.8) is 0 Å². The summed E-state index contributed by atoms with van der Waals surface area (Å²) in [6.07, 6.45) is 4.42. The molecule has 130 valence electrons. The van der Waals surface area contributed by atoms with E-state index in [0.29, 0.717) is 18.2 Å². The van der Waals surface area contributed by atoms with E-state index in [9.17, 15) is 4.79 Å². The maximum absolute atomic E-state index is 12.4. The molecule has 0 N–H and O–H groups in total. The fourth-order valence-electron chi connectivity index (χ4n) is 3.39. The molecule has 0 unspecified atom stereocenters. The van der Waals surface area contributed by atoms with Gasteiger partial charge in [-0.1, -0.05) is 5.16 Å². The molecule has 0 spiro atoms. The standard InChI is InChI=1S/C18H25N3O2S/c1-12-11-16(13(2)24-12)5-4-6-17(22)21-9-7-15(8-10-21)18-19-14(3)23-20-18/h11,15H,4-10H2,1-3H3. The molecule has 6 heteroatoms. The second-order valence-corrected chi connectivity index (χ2v) is 8.08. The highest BCUT2D eigenvalue weighted by Gasteiger charge is 2.26. The van der Waals surface area contributed by atoms with Crippen molar-refractivity contribution in [1.29, 1.82) is 0 Å². The zero-order valence-corrected chi connectivity index (χ0v) is 15.5. The molecule has 5 nitrogen and oxygen atoms in total. The van der Waals surface area contributed by atoms with Crippen LogP contribution in [-0.2, 0) is 11.2 Å². The van der Waals surface area contributed by atoms with Crippen LogP contribution in [0.25, 0.3) is 0 Å². The molecule has 24 heavy (non-hydrogen) atoms. The highest BCUT2D eigenvalue weighted by molar-refractivity contribution is 7.12. The quantitative estimate of drug-likeness (QED) is 0.826. The van der Waals surface area contributed by atoms with Gasteiger partial charge in [-0.05, 0) is 51.2 Å². The minimum absolute atomic E-state index is 0.280. The fraction of sp³-hybridized carbons (Fsp3) is 0.611. The van der Waals surface area contributed by atoms with Gasteiger partial charge < -0.3 is 9.42 Å². The Morgan fingerprint density at radius 1 is 1.33 bits per heavy atom. The Hall–Kier alpha value is -1.69. The fourth-order valence-corrected chi connectivity index (χ4v) is 4.36. The molecule has 0 aliphatic carbocycles. The van der Waals surface area contributed by atoms with Gasteiger partial charge in [-0.25, -0.2) is 0 Å². The summed E-state index contributed by atoms with van der Waals surface area (Å²) >= 11 is 1.84. The summed E-state index contributed by atoms with van der Waals surface area (Å²) in [6, 6.07) is 2.25. The molecule has 0 saturated carbocycles. The first-order valence-corrected chi connectivity index (χ1v) is 9.48. The number of aromatic nitrogens is 2. The van der Waals surface area contributed by atoms with Gasteiger partial charge in [0, 0.05) is 42.1 Å². The number of piperidine rings is 1. The van der Waals surface area contributed by atoms with E-state index < -0.39 is 0 Å². The first-order valence-electron chi connectivity index (χ1n) is 8.67. The molecule has 0 atom stereocenters. The molecule has 1 saturated heterocycles. The Kier molecular flexibility index (Phi) is 5.33. The highest BCUT2D eigenvalue weighted by Crippen LogP contribution is 2.27. The van der Waals surface area contributed by atoms with Crippen LogP contribution in [0.15, 0.2) is 10.6 Å². The summed E-state index contributed by atoms with van der Waals surface area (Å²) in [6.45, 7) is 7.72. The molecule has 2 aromatic rings. The predicted octanol–water partition coefficient (Wildman–Crippen LogP) is 3.79. The number of nitrogens with zero attached hydrogens (tertiary/aromatic N) is 3. The lowest BCUT2D eigenvalue weighted by Crippen LogP contribution is -2.38. The largest absolute Gasteiger partial charge is 0.343 e. The molecule has 1 amide bonds. The molecular formula is C18H25N3O2S. The lowest BCUT2D eigenvalue weighted by Gasteiger charge is -2.30. The molecule has 3 heterocycles. The van der Waals surface area contributed by atoms with Crippen molar-refractivity contribution >= 4 is 17.2 Å². The van der Waals surface area contributed by atoms with Crippen LogP contribution in [0.2, 0.25) is 0 Å². The minimum Gasteiger partial charge on any atom is -0.343 e. The number of amides is 1. The van der Waals surface area contributed by atoms with Gasteiger partial charge in [0.2, 0.25) is 11.8 Å². The van der Waals surface area contributed by atoms with E-state index in [1.807, 2.05) is 23.2 Å². The molecule has 0 bridgehead atoms. The average molecular weight is 347 g/mol. The number of carbonyl (C=O) groups excluding carboxylic acids is 1. The van der Waals surface area contributed by atoms with Crippen molar-refractivity contribution in [2.45, 2.75) is 58.8 Å². The zero-order valence-electron chi connectivity index (χ0n) is 14.7. The van der Waals surface area contributed by atoms with Crippen LogP contribution < -0.4 is 0 Å². The number of rotatable bonds is 5. The van der Waals surface area contributed by atoms with Crippen LogP contribution in [-0.4, -0.2) is 34.0 Å². The predicted molar refractivity (Wildman–Crippen MR) is 94.3 cm³/mol. The van der Waals surface area contributed by atoms with Gasteiger partial charge in [0.1, 0.15) is 0 Å². The summed E-state index contributed by atoms with van der Waals surface area (Å²) in [5.74, 6) is 2.01. The maximum Gasteiger partial charge on any atom is 0.223 e. The number of hydrogen-bond acceptors (Lipinski definition) is 5. The summed E-state index contributed by atoms with van der Waals surface area (Å²) in [7, 11) is 0. The summed E-state index contributed by atoms with van der Waals surface area (Å²) in [5, 5.41) is 4.01. The molecule has 0 radical (unpaired) electrons. The smallest absolute Gasteiger partial charge is 0.223 e. The minimum atomic E-state index is 0.280. The van der Waals surface area contributed by atoms with Crippen LogP contribution in [0.3, 0.4) is 0 Å². The van der Waals surface area contributed by atoms with Crippen LogP contribution >= 0.6 is 11.3 Å². The number of hydrogen-bond donors (Lipinski definition) is 0. The molecule has 1 aliphatic heterocycles. The maximum atomic E-state index is 12.4. The first-order chi connectivity index (χ1) is 11.5. The SMILES string of the molecule is Cc1nc(C2CCN(C(=O)CCCc3cc(C)sc3C)CC2)no1. The molecular weight excluding hydrogens is 322 g/mol. The van der Waals surface area contributed by atoms with Crippen LogP contribution in [0, 0.1) is 20.8 Å². The van der Waals surface area contributed by atoms with Gasteiger partial charge in [0.05, 0.1) is 0 Å². The number of thiophene rings is 1. The number of likely N-dealkylation sites (tertiary alicyclic amines) is 1. The third-order valence-corrected chi connectivity index (χ3v) is 5.74. The van der Waals surface area contributed by atoms with E-state index in [0.717, 1.165) is 44.6 Å². The van der Waals surface area contributed by atoms with Gasteiger partial charge in [0.15, 0.2) is 5.82 Å². The summed E-state index contributed by atoms with van der Waals surface area (Å²) < 4.78 is 5.06. The Labute approximate surface area is 147 Å². The van der Waals surface area contributed by atoms with Gasteiger partial charge in [-0.2, -0.15) is 4.98 Å². The Bertz CT molecular complexity index is 699. The van der Waals surface area contributed by atoms with Crippen LogP contribution in [0.1, 0.15) is 58.6 Å². The molecule has 0 aromatic carbocycles. The Morgan fingerprint density at radius 2 is 2.08 bits per heavy atom. The average Bonchev–Trinajstić information content (AvgIpc) is 3.13. The third kappa shape index (κ3) is 4.04. The normalized spacial score (nSPS) is 15.9. The first kappa shape index (κ1) is 17.1. The monoisotopic (exact) mass is 347 g/mol. The molecule has 3 rings (SSSR count). The van der Waals surface area contributed by atoms with Crippen molar-refractivity contribution in [2.75, 3.05) is 13.1 Å². The van der Waals surface area contributed by atoms with E-state index in [2.05, 4.69) is 30.1 Å². The topological polar surface area (TPSA) is 59.2 Å². The summed E-state index contributed by atoms with van der Waals surface area (Å²) in [4.78, 5) is 21.5. The Balaban J connectivity index is 1.43. The summed E-state index contributed by atoms with van der Waals surface area (Å²) in [5.41, 5.74) is 1.40. The second kappa shape index (κ2) is 7.47. The van der Waals surface area contributed by atoms with Crippen LogP contribution in [0.4, 0.5) is 0 Å². The van der Waals surface area contributed by atoms with Crippen molar-refractivity contribution in [2.24, 2.45) is 0 Å². The highest BCUT2D eigenvalue weighted by atomic mass is 32.1. The van der Waals surface area contributed by atoms with Crippen molar-refractivity contribution < 1.29 is 9.32 Å². The van der Waals surface area contributed by atoms with Crippen molar-refractivity contribution in [3.8, 4) is 0 Å². The lowest BCUT2D eigenvalue weighted by molar-refractivity contribution is -0.132. The van der Waals surface area contributed by atoms with Crippen LogP contribution in [0.5, 0.6) is 0 Å². The Morgan fingerprint density at radius 3 is 2.67 bits per heavy atom. The van der Waals surface area contributed by atoms with Crippen molar-refractivity contribution in [3.05, 3.63) is 33.1 Å². The van der Waals surface area contributed by atoms with E-state index in [1.165, 1.54) is 15.3 Å². The molecule has 1 fully saturated rings. The molecule has 1 aliphatic rings.